The van der Waals surface area contributed by atoms with Gasteiger partial charge in [0.05, 0.1) is 12.7 Å². The summed E-state index contributed by atoms with van der Waals surface area (Å²) in [6.07, 6.45) is -2.72. The number of methoxy groups -OCH3 is 1. The molecule has 0 heterocycles. The molecule has 1 rings (SSSR count). The van der Waals surface area contributed by atoms with Gasteiger partial charge in [0.25, 0.3) is 0 Å². The minimum Gasteiger partial charge on any atom is -0.496 e. The molecule has 0 aliphatic rings. The molecule has 0 aliphatic heterocycles. The monoisotopic (exact) mass is 311 g/mol. The van der Waals surface area contributed by atoms with Gasteiger partial charge >= 0.3 is 6.18 Å². The standard InChI is InChI=1S/C14H20F3NO.ClH/c1-9(2)4-7-12(18)11-6-5-10(14(15,16)17)8-13(11)19-3;/h5-6,8-9,12H,4,7,18H2,1-3H3;1H/t12-;/m0./s1. The van der Waals surface area contributed by atoms with Gasteiger partial charge in [0.15, 0.2) is 0 Å². The molecular weight excluding hydrogens is 291 g/mol. The molecule has 0 spiro atoms. The van der Waals surface area contributed by atoms with Crippen molar-refractivity contribution in [3.05, 3.63) is 29.3 Å². The molecule has 0 unspecified atom stereocenters. The third-order valence-electron chi connectivity index (χ3n) is 3.02. The van der Waals surface area contributed by atoms with Crippen LogP contribution in [0.3, 0.4) is 0 Å². The second-order valence-corrected chi connectivity index (χ2v) is 5.03. The first kappa shape index (κ1) is 19.1. The summed E-state index contributed by atoms with van der Waals surface area (Å²) < 4.78 is 42.8. The van der Waals surface area contributed by atoms with E-state index in [0.717, 1.165) is 25.0 Å². The summed E-state index contributed by atoms with van der Waals surface area (Å²) in [5, 5.41) is 0. The predicted molar refractivity (Wildman–Crippen MR) is 76.2 cm³/mol. The zero-order valence-electron chi connectivity index (χ0n) is 11.8. The minimum atomic E-state index is -4.37. The summed E-state index contributed by atoms with van der Waals surface area (Å²) in [5.41, 5.74) is 5.92. The molecular formula is C14H21ClF3NO. The molecule has 6 heteroatoms. The van der Waals surface area contributed by atoms with E-state index >= 15 is 0 Å². The van der Waals surface area contributed by atoms with E-state index in [0.29, 0.717) is 11.5 Å². The maximum Gasteiger partial charge on any atom is 0.416 e. The van der Waals surface area contributed by atoms with Crippen molar-refractivity contribution < 1.29 is 17.9 Å². The van der Waals surface area contributed by atoms with Crippen LogP contribution in [0.4, 0.5) is 13.2 Å². The van der Waals surface area contributed by atoms with Gasteiger partial charge in [-0.2, -0.15) is 13.2 Å². The molecule has 0 radical (unpaired) electrons. The number of benzene rings is 1. The molecule has 0 bridgehead atoms. The lowest BCUT2D eigenvalue weighted by Crippen LogP contribution is -2.14. The van der Waals surface area contributed by atoms with Crippen LogP contribution in [0.1, 0.15) is 43.9 Å². The summed E-state index contributed by atoms with van der Waals surface area (Å²) in [6.45, 7) is 4.16. The molecule has 0 saturated heterocycles. The Morgan fingerprint density at radius 2 is 1.80 bits per heavy atom. The fourth-order valence-electron chi connectivity index (χ4n) is 1.86. The Hall–Kier alpha value is -0.940. The van der Waals surface area contributed by atoms with E-state index in [1.165, 1.54) is 13.2 Å². The van der Waals surface area contributed by atoms with Gasteiger partial charge in [0.1, 0.15) is 5.75 Å². The molecule has 2 N–H and O–H groups in total. The highest BCUT2D eigenvalue weighted by molar-refractivity contribution is 5.85. The summed E-state index contributed by atoms with van der Waals surface area (Å²) in [5.74, 6) is 0.706. The molecule has 1 aromatic carbocycles. The average molecular weight is 312 g/mol. The van der Waals surface area contributed by atoms with E-state index in [9.17, 15) is 13.2 Å². The highest BCUT2D eigenvalue weighted by atomic mass is 35.5. The van der Waals surface area contributed by atoms with Gasteiger partial charge in [0, 0.05) is 11.6 Å². The molecule has 2 nitrogen and oxygen atoms in total. The first-order valence-electron chi connectivity index (χ1n) is 6.26. The Morgan fingerprint density at radius 3 is 2.25 bits per heavy atom. The lowest BCUT2D eigenvalue weighted by Gasteiger charge is -2.18. The van der Waals surface area contributed by atoms with Gasteiger partial charge in [-0.3, -0.25) is 0 Å². The van der Waals surface area contributed by atoms with Crippen molar-refractivity contribution in [1.82, 2.24) is 0 Å². The molecule has 20 heavy (non-hydrogen) atoms. The molecule has 1 aromatic rings. The number of halogens is 4. The lowest BCUT2D eigenvalue weighted by molar-refractivity contribution is -0.137. The van der Waals surface area contributed by atoms with Crippen molar-refractivity contribution in [2.45, 2.75) is 38.9 Å². The van der Waals surface area contributed by atoms with Crippen LogP contribution in [0.15, 0.2) is 18.2 Å². The van der Waals surface area contributed by atoms with E-state index in [2.05, 4.69) is 13.8 Å². The quantitative estimate of drug-likeness (QED) is 0.864. The molecule has 0 aromatic heterocycles. The van der Waals surface area contributed by atoms with Crippen LogP contribution < -0.4 is 10.5 Å². The summed E-state index contributed by atoms with van der Waals surface area (Å²) >= 11 is 0. The van der Waals surface area contributed by atoms with Gasteiger partial charge in [-0.05, 0) is 30.9 Å². The van der Waals surface area contributed by atoms with Crippen molar-refractivity contribution in [3.8, 4) is 5.75 Å². The zero-order valence-corrected chi connectivity index (χ0v) is 12.6. The van der Waals surface area contributed by atoms with Crippen molar-refractivity contribution >= 4 is 12.4 Å². The van der Waals surface area contributed by atoms with Gasteiger partial charge in [0.2, 0.25) is 0 Å². The molecule has 0 fully saturated rings. The van der Waals surface area contributed by atoms with E-state index in [4.69, 9.17) is 10.5 Å². The Morgan fingerprint density at radius 1 is 1.20 bits per heavy atom. The predicted octanol–water partition coefficient (Wildman–Crippen LogP) is 4.57. The lowest BCUT2D eigenvalue weighted by atomic mass is 9.96. The third-order valence-corrected chi connectivity index (χ3v) is 3.02. The van der Waals surface area contributed by atoms with Gasteiger partial charge in [-0.1, -0.05) is 19.9 Å². The largest absolute Gasteiger partial charge is 0.496 e. The highest BCUT2D eigenvalue weighted by Gasteiger charge is 2.31. The summed E-state index contributed by atoms with van der Waals surface area (Å²) in [7, 11) is 1.36. The molecule has 1 atom stereocenters. The fraction of sp³-hybridized carbons (Fsp3) is 0.571. The van der Waals surface area contributed by atoms with Crippen molar-refractivity contribution in [1.29, 1.82) is 0 Å². The summed E-state index contributed by atoms with van der Waals surface area (Å²) in [6, 6.07) is 3.16. The topological polar surface area (TPSA) is 35.2 Å². The Labute approximate surface area is 123 Å². The maximum atomic E-state index is 12.6. The van der Waals surface area contributed by atoms with Crippen molar-refractivity contribution in [2.24, 2.45) is 11.7 Å². The van der Waals surface area contributed by atoms with E-state index in [-0.39, 0.29) is 24.2 Å². The smallest absolute Gasteiger partial charge is 0.416 e. The molecule has 116 valence electrons. The Balaban J connectivity index is 0.00000361. The molecule has 0 amide bonds. The second-order valence-electron chi connectivity index (χ2n) is 5.03. The molecule has 0 aliphatic carbocycles. The second kappa shape index (κ2) is 7.74. The van der Waals surface area contributed by atoms with Crippen LogP contribution in [-0.2, 0) is 6.18 Å². The van der Waals surface area contributed by atoms with Crippen LogP contribution in [0.25, 0.3) is 0 Å². The maximum absolute atomic E-state index is 12.6. The molecule has 0 saturated carbocycles. The highest BCUT2D eigenvalue weighted by Crippen LogP contribution is 2.35. The minimum absolute atomic E-state index is 0. The van der Waals surface area contributed by atoms with E-state index in [1.807, 2.05) is 0 Å². The number of nitrogens with two attached hydrogens (primary N) is 1. The van der Waals surface area contributed by atoms with E-state index < -0.39 is 11.7 Å². The van der Waals surface area contributed by atoms with E-state index in [1.54, 1.807) is 0 Å². The van der Waals surface area contributed by atoms with Crippen molar-refractivity contribution in [2.75, 3.05) is 7.11 Å². The van der Waals surface area contributed by atoms with Crippen LogP contribution >= 0.6 is 12.4 Å². The van der Waals surface area contributed by atoms with Crippen LogP contribution in [0, 0.1) is 5.92 Å². The average Bonchev–Trinajstić information content (AvgIpc) is 2.33. The number of hydrogen-bond donors (Lipinski definition) is 1. The van der Waals surface area contributed by atoms with Gasteiger partial charge in [-0.15, -0.1) is 12.4 Å². The Bertz CT molecular complexity index is 421. The van der Waals surface area contributed by atoms with Crippen LogP contribution in [-0.4, -0.2) is 7.11 Å². The van der Waals surface area contributed by atoms with Crippen molar-refractivity contribution in [3.63, 3.8) is 0 Å². The number of alkyl halides is 3. The SMILES string of the molecule is COc1cc(C(F)(F)F)ccc1[C@@H](N)CCC(C)C.Cl. The number of rotatable bonds is 5. The van der Waals surface area contributed by atoms with Crippen LogP contribution in [0.2, 0.25) is 0 Å². The first-order chi connectivity index (χ1) is 8.75. The Kier molecular flexibility index (Phi) is 7.38. The first-order valence-corrected chi connectivity index (χ1v) is 6.26. The normalized spacial score (nSPS) is 13.0. The third kappa shape index (κ3) is 5.21. The van der Waals surface area contributed by atoms with Gasteiger partial charge in [-0.25, -0.2) is 0 Å². The number of hydrogen-bond acceptors (Lipinski definition) is 2. The fourth-order valence-corrected chi connectivity index (χ4v) is 1.86. The zero-order chi connectivity index (χ0) is 14.6. The van der Waals surface area contributed by atoms with Gasteiger partial charge < -0.3 is 10.5 Å². The van der Waals surface area contributed by atoms with Crippen LogP contribution in [0.5, 0.6) is 5.75 Å². The number of ether oxygens (including phenoxy) is 1. The summed E-state index contributed by atoms with van der Waals surface area (Å²) in [4.78, 5) is 0.